The fraction of sp³-hybridized carbons (Fsp3) is 0.438. The lowest BCUT2D eigenvalue weighted by Gasteiger charge is -2.13. The summed E-state index contributed by atoms with van der Waals surface area (Å²) in [5.74, 6) is 0.869. The minimum atomic E-state index is 0.869. The molecule has 5 heteroatoms. The van der Waals surface area contributed by atoms with E-state index in [-0.39, 0.29) is 0 Å². The maximum absolute atomic E-state index is 6.45. The van der Waals surface area contributed by atoms with Crippen LogP contribution >= 0.6 is 23.4 Å². The number of aryl methyl sites for hydroxylation is 2. The van der Waals surface area contributed by atoms with Crippen molar-refractivity contribution < 1.29 is 0 Å². The van der Waals surface area contributed by atoms with Gasteiger partial charge in [-0.1, -0.05) is 29.4 Å². The molecule has 1 aliphatic rings. The number of thioether (sulfide) groups is 1. The van der Waals surface area contributed by atoms with Crippen LogP contribution in [0.25, 0.3) is 0 Å². The molecule has 0 amide bonds. The second-order valence-electron chi connectivity index (χ2n) is 5.45. The zero-order valence-electron chi connectivity index (χ0n) is 12.4. The van der Waals surface area contributed by atoms with Crippen molar-refractivity contribution >= 4 is 23.4 Å². The summed E-state index contributed by atoms with van der Waals surface area (Å²) in [7, 11) is 0. The van der Waals surface area contributed by atoms with Crippen LogP contribution in [0.4, 0.5) is 0 Å². The van der Waals surface area contributed by atoms with Crippen LogP contribution in [0.3, 0.4) is 0 Å². The fourth-order valence-corrected chi connectivity index (χ4v) is 4.06. The molecule has 21 heavy (non-hydrogen) atoms. The number of nitrogens with zero attached hydrogens (tertiary/aromatic N) is 1. The van der Waals surface area contributed by atoms with Crippen LogP contribution < -0.4 is 5.32 Å². The predicted octanol–water partition coefficient (Wildman–Crippen LogP) is 3.66. The number of hydrogen-bond donors (Lipinski definition) is 2. The maximum Gasteiger partial charge on any atom is 0.166 e. The van der Waals surface area contributed by atoms with Crippen molar-refractivity contribution in [2.75, 3.05) is 13.1 Å². The van der Waals surface area contributed by atoms with E-state index in [9.17, 15) is 0 Å². The van der Waals surface area contributed by atoms with E-state index in [2.05, 4.69) is 28.3 Å². The Bertz CT molecular complexity index is 632. The van der Waals surface area contributed by atoms with Crippen molar-refractivity contribution in [3.8, 4) is 0 Å². The number of fused-ring (bicyclic) bond motifs is 1. The van der Waals surface area contributed by atoms with Crippen LogP contribution in [0.15, 0.2) is 17.3 Å². The third-order valence-electron chi connectivity index (χ3n) is 4.05. The molecule has 1 aromatic heterocycles. The van der Waals surface area contributed by atoms with E-state index in [4.69, 9.17) is 11.6 Å². The number of nitrogens with one attached hydrogen (secondary N) is 2. The molecule has 3 rings (SSSR count). The molecule has 0 spiro atoms. The first-order valence-electron chi connectivity index (χ1n) is 7.31. The van der Waals surface area contributed by atoms with E-state index >= 15 is 0 Å². The molecule has 2 N–H and O–H groups in total. The summed E-state index contributed by atoms with van der Waals surface area (Å²) in [5.41, 5.74) is 6.35. The molecule has 0 saturated carbocycles. The van der Waals surface area contributed by atoms with Gasteiger partial charge in [0.15, 0.2) is 5.16 Å². The number of halogens is 1. The van der Waals surface area contributed by atoms with E-state index in [1.54, 1.807) is 11.8 Å². The van der Waals surface area contributed by atoms with E-state index in [1.807, 2.05) is 13.0 Å². The molecule has 0 aliphatic carbocycles. The van der Waals surface area contributed by atoms with Crippen molar-refractivity contribution in [2.24, 2.45) is 0 Å². The van der Waals surface area contributed by atoms with Crippen LogP contribution in [0, 0.1) is 13.8 Å². The average molecular weight is 322 g/mol. The van der Waals surface area contributed by atoms with Crippen LogP contribution in [0.2, 0.25) is 5.02 Å². The van der Waals surface area contributed by atoms with E-state index < -0.39 is 0 Å². The maximum atomic E-state index is 6.45. The van der Waals surface area contributed by atoms with Crippen molar-refractivity contribution in [3.05, 3.63) is 45.2 Å². The average Bonchev–Trinajstić information content (AvgIpc) is 2.67. The summed E-state index contributed by atoms with van der Waals surface area (Å²) in [6, 6.07) is 4.22. The van der Waals surface area contributed by atoms with Gasteiger partial charge in [-0.25, -0.2) is 4.98 Å². The fourth-order valence-electron chi connectivity index (χ4n) is 2.70. The van der Waals surface area contributed by atoms with Gasteiger partial charge in [-0.3, -0.25) is 0 Å². The topological polar surface area (TPSA) is 40.7 Å². The van der Waals surface area contributed by atoms with E-state index in [1.165, 1.54) is 16.7 Å². The Morgan fingerprint density at radius 1 is 1.24 bits per heavy atom. The Morgan fingerprint density at radius 3 is 2.81 bits per heavy atom. The van der Waals surface area contributed by atoms with Gasteiger partial charge in [-0.2, -0.15) is 0 Å². The number of aromatic amines is 1. The summed E-state index contributed by atoms with van der Waals surface area (Å²) in [5, 5.41) is 5.31. The van der Waals surface area contributed by atoms with Crippen molar-refractivity contribution in [1.29, 1.82) is 0 Å². The van der Waals surface area contributed by atoms with Gasteiger partial charge >= 0.3 is 0 Å². The molecule has 0 atom stereocenters. The largest absolute Gasteiger partial charge is 0.337 e. The lowest BCUT2D eigenvalue weighted by molar-refractivity contribution is 0.710. The van der Waals surface area contributed by atoms with Crippen LogP contribution in [0.1, 0.15) is 28.1 Å². The molecule has 112 valence electrons. The molecule has 1 aliphatic heterocycles. The van der Waals surface area contributed by atoms with E-state index in [0.717, 1.165) is 53.3 Å². The lowest BCUT2D eigenvalue weighted by Crippen LogP contribution is -2.16. The van der Waals surface area contributed by atoms with Gasteiger partial charge in [0.05, 0.1) is 5.69 Å². The molecule has 0 radical (unpaired) electrons. The molecule has 1 aromatic carbocycles. The number of H-pyrrole nitrogens is 1. The molecule has 3 nitrogen and oxygen atoms in total. The second-order valence-corrected chi connectivity index (χ2v) is 6.83. The van der Waals surface area contributed by atoms with Gasteiger partial charge in [0.1, 0.15) is 0 Å². The highest BCUT2D eigenvalue weighted by molar-refractivity contribution is 7.98. The highest BCUT2D eigenvalue weighted by atomic mass is 35.5. The highest BCUT2D eigenvalue weighted by Crippen LogP contribution is 2.31. The van der Waals surface area contributed by atoms with Crippen LogP contribution in [-0.2, 0) is 18.6 Å². The monoisotopic (exact) mass is 321 g/mol. The summed E-state index contributed by atoms with van der Waals surface area (Å²) < 4.78 is 0. The van der Waals surface area contributed by atoms with Crippen LogP contribution in [-0.4, -0.2) is 23.1 Å². The molecule has 0 unspecified atom stereocenters. The number of aromatic nitrogens is 2. The number of imidazole rings is 1. The highest BCUT2D eigenvalue weighted by Gasteiger charge is 2.15. The SMILES string of the molecule is Cc1nc(SCc2c(Cl)ccc3c2CCNCC3)[nH]c1C. The molecule has 0 fully saturated rings. The van der Waals surface area contributed by atoms with Crippen molar-refractivity contribution in [3.63, 3.8) is 0 Å². The Balaban J connectivity index is 1.84. The standard InChI is InChI=1S/C16H20ClN3S/c1-10-11(2)20-16(19-10)21-9-14-13-6-8-18-7-5-12(13)3-4-15(14)17/h3-4,18H,5-9H2,1-2H3,(H,19,20). The first-order valence-corrected chi connectivity index (χ1v) is 8.67. The third-order valence-corrected chi connectivity index (χ3v) is 5.31. The quantitative estimate of drug-likeness (QED) is 0.848. The molecular weight excluding hydrogens is 302 g/mol. The Morgan fingerprint density at radius 2 is 2.05 bits per heavy atom. The number of hydrogen-bond acceptors (Lipinski definition) is 3. The van der Waals surface area contributed by atoms with Crippen LogP contribution in [0.5, 0.6) is 0 Å². The molecule has 2 aromatic rings. The Hall–Kier alpha value is -0.970. The zero-order valence-corrected chi connectivity index (χ0v) is 14.0. The molecular formula is C16H20ClN3S. The summed E-state index contributed by atoms with van der Waals surface area (Å²) in [6.07, 6.45) is 2.14. The first-order chi connectivity index (χ1) is 10.1. The number of benzene rings is 1. The summed E-state index contributed by atoms with van der Waals surface area (Å²) >= 11 is 8.18. The first kappa shape index (κ1) is 14.9. The van der Waals surface area contributed by atoms with E-state index in [0.29, 0.717) is 0 Å². The van der Waals surface area contributed by atoms with Gasteiger partial charge in [-0.15, -0.1) is 0 Å². The Labute approximate surface area is 134 Å². The van der Waals surface area contributed by atoms with Crippen molar-refractivity contribution in [2.45, 2.75) is 37.6 Å². The normalized spacial score (nSPS) is 14.8. The minimum absolute atomic E-state index is 0.869. The lowest BCUT2D eigenvalue weighted by atomic mass is 9.98. The van der Waals surface area contributed by atoms with Gasteiger partial charge in [0.2, 0.25) is 0 Å². The molecule has 2 heterocycles. The van der Waals surface area contributed by atoms with Gasteiger partial charge < -0.3 is 10.3 Å². The predicted molar refractivity (Wildman–Crippen MR) is 89.4 cm³/mol. The summed E-state index contributed by atoms with van der Waals surface area (Å²) in [4.78, 5) is 7.86. The molecule has 0 saturated heterocycles. The second kappa shape index (κ2) is 6.42. The van der Waals surface area contributed by atoms with Gasteiger partial charge in [0, 0.05) is 16.5 Å². The minimum Gasteiger partial charge on any atom is -0.337 e. The zero-order chi connectivity index (χ0) is 14.8. The smallest absolute Gasteiger partial charge is 0.166 e. The summed E-state index contributed by atoms with van der Waals surface area (Å²) in [6.45, 7) is 6.17. The van der Waals surface area contributed by atoms with Gasteiger partial charge in [0.25, 0.3) is 0 Å². The third kappa shape index (κ3) is 3.28. The van der Waals surface area contributed by atoms with Gasteiger partial charge in [-0.05, 0) is 62.5 Å². The van der Waals surface area contributed by atoms with Crippen molar-refractivity contribution in [1.82, 2.24) is 15.3 Å². The number of rotatable bonds is 3. The molecule has 0 bridgehead atoms. The Kier molecular flexibility index (Phi) is 4.57.